The molecule has 19 heavy (non-hydrogen) atoms. The molecular weight excluding hydrogens is 244 g/mol. The summed E-state index contributed by atoms with van der Waals surface area (Å²) in [6.45, 7) is 4.62. The van der Waals surface area contributed by atoms with Crippen LogP contribution in [0.4, 0.5) is 0 Å². The van der Waals surface area contributed by atoms with Gasteiger partial charge >= 0.3 is 5.97 Å². The Labute approximate surface area is 112 Å². The fraction of sp³-hybridized carbons (Fsp3) is 0.733. The summed E-state index contributed by atoms with van der Waals surface area (Å²) in [7, 11) is 0. The zero-order valence-corrected chi connectivity index (χ0v) is 11.2. The molecule has 0 aromatic heterocycles. The van der Waals surface area contributed by atoms with Crippen molar-refractivity contribution in [1.82, 2.24) is 0 Å². The highest BCUT2D eigenvalue weighted by molar-refractivity contribution is 5.99. The molecule has 0 radical (unpaired) electrons. The molecule has 0 N–H and O–H groups in total. The second-order valence-electron chi connectivity index (χ2n) is 6.70. The summed E-state index contributed by atoms with van der Waals surface area (Å²) in [6.07, 6.45) is 5.30. The molecule has 0 aromatic carbocycles. The molecule has 2 saturated heterocycles. The first-order valence-electron chi connectivity index (χ1n) is 7.08. The summed E-state index contributed by atoms with van der Waals surface area (Å²) >= 11 is 0. The Morgan fingerprint density at radius 2 is 2.05 bits per heavy atom. The van der Waals surface area contributed by atoms with E-state index in [4.69, 9.17) is 9.47 Å². The van der Waals surface area contributed by atoms with Crippen LogP contribution in [0.1, 0.15) is 26.7 Å². The van der Waals surface area contributed by atoms with Crippen LogP contribution in [0.3, 0.4) is 0 Å². The molecule has 102 valence electrons. The van der Waals surface area contributed by atoms with E-state index < -0.39 is 11.0 Å². The van der Waals surface area contributed by atoms with Crippen molar-refractivity contribution in [2.45, 2.75) is 38.4 Å². The first-order valence-corrected chi connectivity index (χ1v) is 7.08. The minimum atomic E-state index is -0.717. The molecule has 6 unspecified atom stereocenters. The van der Waals surface area contributed by atoms with E-state index in [9.17, 15) is 9.59 Å². The zero-order chi connectivity index (χ0) is 13.4. The van der Waals surface area contributed by atoms with Crippen molar-refractivity contribution in [1.29, 1.82) is 0 Å². The van der Waals surface area contributed by atoms with E-state index >= 15 is 0 Å². The van der Waals surface area contributed by atoms with Crippen LogP contribution in [0.15, 0.2) is 12.2 Å². The van der Waals surface area contributed by atoms with Crippen molar-refractivity contribution >= 4 is 11.8 Å². The standard InChI is InChI=1S/C15H18O4/c1-8-3-4-10-12(19-13(17)15(10)7-18-15)14(2)9(8)5-6-11(14)16/h5-6,8-10,12H,3-4,7H2,1-2H3. The molecule has 2 aliphatic heterocycles. The van der Waals surface area contributed by atoms with E-state index in [1.807, 2.05) is 13.0 Å². The van der Waals surface area contributed by atoms with Gasteiger partial charge in [0.2, 0.25) is 0 Å². The Morgan fingerprint density at radius 1 is 1.32 bits per heavy atom. The molecule has 3 fully saturated rings. The van der Waals surface area contributed by atoms with E-state index in [1.165, 1.54) is 0 Å². The summed E-state index contributed by atoms with van der Waals surface area (Å²) in [6, 6.07) is 0. The average molecular weight is 262 g/mol. The number of fused-ring (bicyclic) bond motifs is 4. The normalized spacial score (nSPS) is 54.8. The van der Waals surface area contributed by atoms with Gasteiger partial charge in [-0.05, 0) is 37.7 Å². The quantitative estimate of drug-likeness (QED) is 0.490. The minimum absolute atomic E-state index is 0.0429. The molecule has 4 aliphatic rings. The van der Waals surface area contributed by atoms with Gasteiger partial charge in [-0.1, -0.05) is 13.0 Å². The van der Waals surface area contributed by atoms with Gasteiger partial charge in [-0.25, -0.2) is 4.79 Å². The second kappa shape index (κ2) is 3.29. The molecular formula is C15H18O4. The molecule has 4 heteroatoms. The lowest BCUT2D eigenvalue weighted by molar-refractivity contribution is -0.153. The second-order valence-corrected chi connectivity index (χ2v) is 6.70. The maximum atomic E-state index is 12.4. The molecule has 2 heterocycles. The topological polar surface area (TPSA) is 55.9 Å². The predicted molar refractivity (Wildman–Crippen MR) is 66.2 cm³/mol. The van der Waals surface area contributed by atoms with Crippen LogP contribution in [-0.2, 0) is 19.1 Å². The van der Waals surface area contributed by atoms with E-state index in [0.717, 1.165) is 12.8 Å². The molecule has 0 bridgehead atoms. The van der Waals surface area contributed by atoms with Crippen molar-refractivity contribution in [3.8, 4) is 0 Å². The Kier molecular flexibility index (Phi) is 2.02. The first-order chi connectivity index (χ1) is 9.00. The monoisotopic (exact) mass is 262 g/mol. The van der Waals surface area contributed by atoms with Crippen molar-refractivity contribution in [2.24, 2.45) is 23.2 Å². The Bertz CT molecular complexity index is 504. The predicted octanol–water partition coefficient (Wildman–Crippen LogP) is 1.49. The fourth-order valence-electron chi connectivity index (χ4n) is 4.50. The highest BCUT2D eigenvalue weighted by Crippen LogP contribution is 2.59. The summed E-state index contributed by atoms with van der Waals surface area (Å²) in [4.78, 5) is 24.5. The van der Waals surface area contributed by atoms with Gasteiger partial charge in [0.15, 0.2) is 11.4 Å². The SMILES string of the molecule is CC1CCC2C(OC(=O)C23CO3)C2(C)C(=O)C=CC12. The third-order valence-electron chi connectivity index (χ3n) is 5.81. The number of ketones is 1. The summed E-state index contributed by atoms with van der Waals surface area (Å²) < 4.78 is 11.1. The van der Waals surface area contributed by atoms with E-state index in [2.05, 4.69) is 6.92 Å². The molecule has 0 aromatic rings. The van der Waals surface area contributed by atoms with Gasteiger partial charge in [0.25, 0.3) is 0 Å². The minimum Gasteiger partial charge on any atom is -0.459 e. The number of carbonyl (C=O) groups is 2. The highest BCUT2D eigenvalue weighted by atomic mass is 16.7. The molecule has 4 rings (SSSR count). The fourth-order valence-corrected chi connectivity index (χ4v) is 4.50. The van der Waals surface area contributed by atoms with Gasteiger partial charge in [-0.15, -0.1) is 0 Å². The first kappa shape index (κ1) is 11.6. The maximum absolute atomic E-state index is 12.4. The van der Waals surface area contributed by atoms with Gasteiger partial charge in [0, 0.05) is 5.92 Å². The van der Waals surface area contributed by atoms with Crippen LogP contribution >= 0.6 is 0 Å². The molecule has 1 saturated carbocycles. The number of rotatable bonds is 0. The summed E-state index contributed by atoms with van der Waals surface area (Å²) in [5, 5.41) is 0. The van der Waals surface area contributed by atoms with Crippen molar-refractivity contribution in [3.63, 3.8) is 0 Å². The smallest absolute Gasteiger partial charge is 0.341 e. The lowest BCUT2D eigenvalue weighted by Crippen LogP contribution is -2.46. The number of esters is 1. The third kappa shape index (κ3) is 1.19. The Morgan fingerprint density at radius 3 is 2.74 bits per heavy atom. The van der Waals surface area contributed by atoms with Crippen LogP contribution < -0.4 is 0 Å². The lowest BCUT2D eigenvalue weighted by Gasteiger charge is -2.36. The van der Waals surface area contributed by atoms with Gasteiger partial charge in [0.1, 0.15) is 6.10 Å². The van der Waals surface area contributed by atoms with Gasteiger partial charge < -0.3 is 9.47 Å². The summed E-state index contributed by atoms with van der Waals surface area (Å²) in [5.74, 6) is 0.509. The van der Waals surface area contributed by atoms with Gasteiger partial charge in [-0.2, -0.15) is 0 Å². The Hall–Kier alpha value is -1.16. The number of hydrogen-bond donors (Lipinski definition) is 0. The van der Waals surface area contributed by atoms with E-state index in [0.29, 0.717) is 12.5 Å². The van der Waals surface area contributed by atoms with Crippen molar-refractivity contribution in [2.75, 3.05) is 6.61 Å². The van der Waals surface area contributed by atoms with E-state index in [1.54, 1.807) is 6.08 Å². The van der Waals surface area contributed by atoms with Crippen LogP contribution in [0, 0.1) is 23.2 Å². The Balaban J connectivity index is 1.82. The van der Waals surface area contributed by atoms with Crippen LogP contribution in [0.5, 0.6) is 0 Å². The van der Waals surface area contributed by atoms with Crippen molar-refractivity contribution < 1.29 is 19.1 Å². The summed E-state index contributed by atoms with van der Waals surface area (Å²) in [5.41, 5.74) is -1.31. The number of carbonyl (C=O) groups excluding carboxylic acids is 2. The average Bonchev–Trinajstić information content (AvgIpc) is 3.06. The van der Waals surface area contributed by atoms with Crippen molar-refractivity contribution in [3.05, 3.63) is 12.2 Å². The number of epoxide rings is 1. The van der Waals surface area contributed by atoms with Gasteiger partial charge in [-0.3, -0.25) is 4.79 Å². The molecule has 0 amide bonds. The lowest BCUT2D eigenvalue weighted by atomic mass is 9.67. The van der Waals surface area contributed by atoms with Crippen LogP contribution in [0.25, 0.3) is 0 Å². The van der Waals surface area contributed by atoms with E-state index in [-0.39, 0.29) is 29.7 Å². The molecule has 2 aliphatic carbocycles. The number of hydrogen-bond acceptors (Lipinski definition) is 4. The number of ether oxygens (including phenoxy) is 2. The van der Waals surface area contributed by atoms with Crippen LogP contribution in [-0.4, -0.2) is 30.1 Å². The third-order valence-corrected chi connectivity index (χ3v) is 5.81. The van der Waals surface area contributed by atoms with Crippen LogP contribution in [0.2, 0.25) is 0 Å². The maximum Gasteiger partial charge on any atom is 0.341 e. The zero-order valence-electron chi connectivity index (χ0n) is 11.2. The molecule has 1 spiro atoms. The largest absolute Gasteiger partial charge is 0.459 e. The highest BCUT2D eigenvalue weighted by Gasteiger charge is 2.72. The molecule has 6 atom stereocenters. The number of allylic oxidation sites excluding steroid dienone is 2. The van der Waals surface area contributed by atoms with Gasteiger partial charge in [0.05, 0.1) is 12.0 Å². The molecule has 4 nitrogen and oxygen atoms in total.